The van der Waals surface area contributed by atoms with Crippen molar-refractivity contribution in [3.63, 3.8) is 0 Å². The number of nitrogens with one attached hydrogen (secondary N) is 1. The van der Waals surface area contributed by atoms with E-state index in [9.17, 15) is 18.0 Å². The van der Waals surface area contributed by atoms with Gasteiger partial charge in [-0.15, -0.1) is 0 Å². The molecule has 3 aromatic carbocycles. The maximum atomic E-state index is 14.0. The zero-order valence-electron chi connectivity index (χ0n) is 22.9. The zero-order valence-corrected chi connectivity index (χ0v) is 25.3. The van der Waals surface area contributed by atoms with Gasteiger partial charge in [-0.05, 0) is 68.1 Å². The molecule has 1 N–H and O–H groups in total. The molecule has 0 aliphatic rings. The number of benzene rings is 3. The van der Waals surface area contributed by atoms with Crippen molar-refractivity contribution in [2.24, 2.45) is 0 Å². The Kier molecular flexibility index (Phi) is 10.7. The summed E-state index contributed by atoms with van der Waals surface area (Å²) < 4.78 is 30.0. The van der Waals surface area contributed by atoms with Crippen LogP contribution in [-0.2, 0) is 32.6 Å². The van der Waals surface area contributed by atoms with Gasteiger partial charge in [-0.3, -0.25) is 13.9 Å². The molecule has 2 amide bonds. The number of aryl methyl sites for hydroxylation is 2. The average Bonchev–Trinajstić information content (AvgIpc) is 2.93. The molecule has 208 valence electrons. The number of anilines is 1. The van der Waals surface area contributed by atoms with Crippen LogP contribution in [0.3, 0.4) is 0 Å². The Labute approximate surface area is 240 Å². The quantitative estimate of drug-likeness (QED) is 0.294. The van der Waals surface area contributed by atoms with E-state index in [1.165, 1.54) is 9.21 Å². The molecule has 39 heavy (non-hydrogen) atoms. The lowest BCUT2D eigenvalue weighted by Gasteiger charge is -2.32. The van der Waals surface area contributed by atoms with Crippen LogP contribution in [0.25, 0.3) is 0 Å². The van der Waals surface area contributed by atoms with Crippen molar-refractivity contribution in [3.05, 3.63) is 94.0 Å². The Morgan fingerprint density at radius 1 is 0.974 bits per heavy atom. The van der Waals surface area contributed by atoms with Crippen LogP contribution in [-0.4, -0.2) is 44.3 Å². The fourth-order valence-corrected chi connectivity index (χ4v) is 6.11. The van der Waals surface area contributed by atoms with Crippen LogP contribution >= 0.6 is 15.9 Å². The van der Waals surface area contributed by atoms with E-state index in [0.717, 1.165) is 27.6 Å². The van der Waals surface area contributed by atoms with Crippen LogP contribution in [0.1, 0.15) is 43.9 Å². The van der Waals surface area contributed by atoms with Crippen molar-refractivity contribution in [2.45, 2.75) is 58.0 Å². The maximum Gasteiger partial charge on any atom is 0.264 e. The molecule has 0 heterocycles. The number of carbonyl (C=O) groups is 2. The van der Waals surface area contributed by atoms with Gasteiger partial charge in [0.15, 0.2) is 0 Å². The summed E-state index contributed by atoms with van der Waals surface area (Å²) in [6, 6.07) is 20.4. The zero-order chi connectivity index (χ0) is 28.6. The van der Waals surface area contributed by atoms with E-state index in [1.807, 2.05) is 57.2 Å². The van der Waals surface area contributed by atoms with Crippen molar-refractivity contribution >= 4 is 43.5 Å². The van der Waals surface area contributed by atoms with Gasteiger partial charge in [-0.25, -0.2) is 8.42 Å². The van der Waals surface area contributed by atoms with Gasteiger partial charge in [0.05, 0.1) is 10.6 Å². The largest absolute Gasteiger partial charge is 0.354 e. The summed E-state index contributed by atoms with van der Waals surface area (Å²) in [6.45, 7) is 7.62. The standard InChI is InChI=1S/C30H36BrN3O4S/c1-5-18-32-30(36)23(4)33(20-24-10-9-12-26(31)19-24)29(35)21-34(28-13-8-7-11-25(28)6-2)39(37,38)27-16-14-22(3)15-17-27/h7-17,19,23H,5-6,18,20-21H2,1-4H3,(H,32,36)/t23-/m0/s1. The number of sulfonamides is 1. The first-order valence-electron chi connectivity index (χ1n) is 13.1. The first-order chi connectivity index (χ1) is 18.6. The van der Waals surface area contributed by atoms with E-state index < -0.39 is 28.5 Å². The summed E-state index contributed by atoms with van der Waals surface area (Å²) >= 11 is 3.46. The van der Waals surface area contributed by atoms with Crippen molar-refractivity contribution in [2.75, 3.05) is 17.4 Å². The van der Waals surface area contributed by atoms with Crippen LogP contribution in [0.4, 0.5) is 5.69 Å². The van der Waals surface area contributed by atoms with Gasteiger partial charge in [-0.2, -0.15) is 0 Å². The van der Waals surface area contributed by atoms with Crippen LogP contribution in [0, 0.1) is 6.92 Å². The molecule has 0 fully saturated rings. The molecule has 9 heteroatoms. The van der Waals surface area contributed by atoms with Gasteiger partial charge in [0.1, 0.15) is 12.6 Å². The minimum Gasteiger partial charge on any atom is -0.354 e. The highest BCUT2D eigenvalue weighted by Gasteiger charge is 2.33. The number of rotatable bonds is 12. The number of hydrogen-bond acceptors (Lipinski definition) is 4. The molecule has 0 aromatic heterocycles. The summed E-state index contributed by atoms with van der Waals surface area (Å²) in [4.78, 5) is 28.5. The molecule has 3 rings (SSSR count). The Bertz CT molecular complexity index is 1390. The summed E-state index contributed by atoms with van der Waals surface area (Å²) in [5.74, 6) is -0.766. The molecule has 0 aliphatic heterocycles. The Morgan fingerprint density at radius 3 is 2.31 bits per heavy atom. The molecule has 0 saturated carbocycles. The van der Waals surface area contributed by atoms with Crippen LogP contribution < -0.4 is 9.62 Å². The third-order valence-electron chi connectivity index (χ3n) is 6.49. The third-order valence-corrected chi connectivity index (χ3v) is 8.75. The van der Waals surface area contributed by atoms with E-state index in [1.54, 1.807) is 43.3 Å². The van der Waals surface area contributed by atoms with Gasteiger partial charge in [0, 0.05) is 17.6 Å². The van der Waals surface area contributed by atoms with E-state index in [0.29, 0.717) is 18.7 Å². The second kappa shape index (κ2) is 13.8. The Balaban J connectivity index is 2.06. The number of para-hydroxylation sites is 1. The third kappa shape index (κ3) is 7.70. The number of amides is 2. The SMILES string of the molecule is CCCNC(=O)[C@H](C)N(Cc1cccc(Br)c1)C(=O)CN(c1ccccc1CC)S(=O)(=O)c1ccc(C)cc1. The second-order valence-corrected chi connectivity index (χ2v) is 12.2. The number of hydrogen-bond donors (Lipinski definition) is 1. The first-order valence-corrected chi connectivity index (χ1v) is 15.3. The van der Waals surface area contributed by atoms with Crippen LogP contribution in [0.5, 0.6) is 0 Å². The normalized spacial score (nSPS) is 12.0. The number of halogens is 1. The summed E-state index contributed by atoms with van der Waals surface area (Å²) in [5.41, 5.74) is 2.99. The van der Waals surface area contributed by atoms with Gasteiger partial charge in [-0.1, -0.05) is 77.8 Å². The molecule has 0 radical (unpaired) electrons. The monoisotopic (exact) mass is 613 g/mol. The lowest BCUT2D eigenvalue weighted by molar-refractivity contribution is -0.139. The molecule has 0 unspecified atom stereocenters. The van der Waals surface area contributed by atoms with Gasteiger partial charge < -0.3 is 10.2 Å². The minimum absolute atomic E-state index is 0.0964. The second-order valence-electron chi connectivity index (χ2n) is 9.43. The molecule has 3 aromatic rings. The molecular formula is C30H36BrN3O4S. The van der Waals surface area contributed by atoms with E-state index in [4.69, 9.17) is 0 Å². The highest BCUT2D eigenvalue weighted by atomic mass is 79.9. The topological polar surface area (TPSA) is 86.8 Å². The summed E-state index contributed by atoms with van der Waals surface area (Å²) in [5, 5.41) is 2.86. The smallest absolute Gasteiger partial charge is 0.264 e. The van der Waals surface area contributed by atoms with Gasteiger partial charge in [0.25, 0.3) is 10.0 Å². The van der Waals surface area contributed by atoms with Crippen molar-refractivity contribution in [1.82, 2.24) is 10.2 Å². The fraction of sp³-hybridized carbons (Fsp3) is 0.333. The molecule has 1 atom stereocenters. The lowest BCUT2D eigenvalue weighted by atomic mass is 10.1. The highest BCUT2D eigenvalue weighted by Crippen LogP contribution is 2.28. The average molecular weight is 615 g/mol. The lowest BCUT2D eigenvalue weighted by Crippen LogP contribution is -2.51. The van der Waals surface area contributed by atoms with E-state index in [-0.39, 0.29) is 17.3 Å². The minimum atomic E-state index is -4.09. The summed E-state index contributed by atoms with van der Waals surface area (Å²) in [7, 11) is -4.09. The molecule has 7 nitrogen and oxygen atoms in total. The van der Waals surface area contributed by atoms with Crippen molar-refractivity contribution in [1.29, 1.82) is 0 Å². The van der Waals surface area contributed by atoms with Crippen LogP contribution in [0.2, 0.25) is 0 Å². The molecule has 0 saturated heterocycles. The predicted octanol–water partition coefficient (Wildman–Crippen LogP) is 5.46. The number of nitrogens with zero attached hydrogens (tertiary/aromatic N) is 2. The van der Waals surface area contributed by atoms with E-state index in [2.05, 4.69) is 21.2 Å². The molecule has 0 spiro atoms. The Hall–Kier alpha value is -3.17. The predicted molar refractivity (Wildman–Crippen MR) is 159 cm³/mol. The van der Waals surface area contributed by atoms with Gasteiger partial charge in [0.2, 0.25) is 11.8 Å². The maximum absolute atomic E-state index is 14.0. The molecule has 0 bridgehead atoms. The van der Waals surface area contributed by atoms with Crippen molar-refractivity contribution < 1.29 is 18.0 Å². The highest BCUT2D eigenvalue weighted by molar-refractivity contribution is 9.10. The number of carbonyl (C=O) groups excluding carboxylic acids is 2. The van der Waals surface area contributed by atoms with Gasteiger partial charge >= 0.3 is 0 Å². The first kappa shape index (κ1) is 30.4. The van der Waals surface area contributed by atoms with Crippen molar-refractivity contribution in [3.8, 4) is 0 Å². The molecule has 0 aliphatic carbocycles. The van der Waals surface area contributed by atoms with E-state index >= 15 is 0 Å². The summed E-state index contributed by atoms with van der Waals surface area (Å²) in [6.07, 6.45) is 1.34. The van der Waals surface area contributed by atoms with Crippen LogP contribution in [0.15, 0.2) is 82.2 Å². The fourth-order valence-electron chi connectivity index (χ4n) is 4.21. The molecular weight excluding hydrogens is 578 g/mol. The Morgan fingerprint density at radius 2 is 1.67 bits per heavy atom.